The molecule has 0 atom stereocenters. The lowest BCUT2D eigenvalue weighted by Crippen LogP contribution is -2.30. The molecule has 0 aliphatic heterocycles. The van der Waals surface area contributed by atoms with Gasteiger partial charge in [0, 0.05) is 17.9 Å². The van der Waals surface area contributed by atoms with Gasteiger partial charge in [0.25, 0.3) is 5.91 Å². The van der Waals surface area contributed by atoms with Crippen LogP contribution in [0, 0.1) is 0 Å². The standard InChI is InChI=1S/C10H16N4O/c1-4-10(2,3)14-9-12-5-7(6-13-9)8(11)15/h5-6H,4H2,1-3H3,(H2,11,15)(H,12,13,14). The normalized spacial score (nSPS) is 11.1. The first-order chi connectivity index (χ1) is 6.94. The van der Waals surface area contributed by atoms with E-state index in [2.05, 4.69) is 36.1 Å². The maximum Gasteiger partial charge on any atom is 0.251 e. The third-order valence-corrected chi connectivity index (χ3v) is 2.27. The molecule has 1 aromatic rings. The van der Waals surface area contributed by atoms with E-state index < -0.39 is 5.91 Å². The largest absolute Gasteiger partial charge is 0.366 e. The zero-order valence-corrected chi connectivity index (χ0v) is 9.24. The number of anilines is 1. The minimum atomic E-state index is -0.517. The minimum Gasteiger partial charge on any atom is -0.366 e. The summed E-state index contributed by atoms with van der Waals surface area (Å²) < 4.78 is 0. The van der Waals surface area contributed by atoms with Crippen LogP contribution in [-0.2, 0) is 0 Å². The molecule has 0 bridgehead atoms. The molecule has 0 fully saturated rings. The Morgan fingerprint density at radius 1 is 1.47 bits per heavy atom. The summed E-state index contributed by atoms with van der Waals surface area (Å²) in [6.45, 7) is 6.18. The first-order valence-corrected chi connectivity index (χ1v) is 4.84. The Hall–Kier alpha value is -1.65. The molecule has 0 aliphatic carbocycles. The Labute approximate surface area is 89.1 Å². The summed E-state index contributed by atoms with van der Waals surface area (Å²) >= 11 is 0. The van der Waals surface area contributed by atoms with E-state index in [1.54, 1.807) is 0 Å². The molecule has 5 heteroatoms. The average Bonchev–Trinajstić information content (AvgIpc) is 2.18. The number of nitrogens with zero attached hydrogens (tertiary/aromatic N) is 2. The number of carbonyl (C=O) groups is 1. The summed E-state index contributed by atoms with van der Waals surface area (Å²) in [6, 6.07) is 0. The van der Waals surface area contributed by atoms with Gasteiger partial charge in [-0.05, 0) is 20.3 Å². The van der Waals surface area contributed by atoms with Gasteiger partial charge in [0.1, 0.15) is 0 Å². The van der Waals surface area contributed by atoms with Gasteiger partial charge in [0.2, 0.25) is 5.95 Å². The van der Waals surface area contributed by atoms with Gasteiger partial charge >= 0.3 is 0 Å². The van der Waals surface area contributed by atoms with Crippen LogP contribution < -0.4 is 11.1 Å². The van der Waals surface area contributed by atoms with Crippen molar-refractivity contribution in [3.8, 4) is 0 Å². The molecule has 82 valence electrons. The lowest BCUT2D eigenvalue weighted by atomic mass is 10.0. The van der Waals surface area contributed by atoms with Crippen molar-refractivity contribution < 1.29 is 4.79 Å². The average molecular weight is 208 g/mol. The van der Waals surface area contributed by atoms with E-state index in [0.29, 0.717) is 11.5 Å². The van der Waals surface area contributed by atoms with Crippen LogP contribution in [0.2, 0.25) is 0 Å². The second kappa shape index (κ2) is 4.25. The van der Waals surface area contributed by atoms with Gasteiger partial charge in [-0.25, -0.2) is 9.97 Å². The van der Waals surface area contributed by atoms with Crippen molar-refractivity contribution in [1.29, 1.82) is 0 Å². The van der Waals surface area contributed by atoms with Crippen LogP contribution in [0.1, 0.15) is 37.6 Å². The molecular formula is C10H16N4O. The smallest absolute Gasteiger partial charge is 0.251 e. The summed E-state index contributed by atoms with van der Waals surface area (Å²) in [5, 5.41) is 3.16. The Balaban J connectivity index is 2.77. The Bertz CT molecular complexity index is 345. The number of primary amides is 1. The van der Waals surface area contributed by atoms with Crippen LogP contribution in [0.4, 0.5) is 5.95 Å². The second-order valence-electron chi connectivity index (χ2n) is 4.02. The van der Waals surface area contributed by atoms with Gasteiger partial charge in [0.05, 0.1) is 5.56 Å². The van der Waals surface area contributed by atoms with Crippen molar-refractivity contribution in [2.45, 2.75) is 32.7 Å². The first-order valence-electron chi connectivity index (χ1n) is 4.84. The maximum absolute atomic E-state index is 10.8. The maximum atomic E-state index is 10.8. The highest BCUT2D eigenvalue weighted by molar-refractivity contribution is 5.92. The lowest BCUT2D eigenvalue weighted by molar-refractivity contribution is 0.0999. The van der Waals surface area contributed by atoms with Crippen LogP contribution in [-0.4, -0.2) is 21.4 Å². The molecule has 5 nitrogen and oxygen atoms in total. The van der Waals surface area contributed by atoms with Crippen molar-refractivity contribution in [2.24, 2.45) is 5.73 Å². The van der Waals surface area contributed by atoms with Crippen LogP contribution in [0.3, 0.4) is 0 Å². The molecule has 0 aromatic carbocycles. The van der Waals surface area contributed by atoms with Gasteiger partial charge in [-0.2, -0.15) is 0 Å². The van der Waals surface area contributed by atoms with E-state index in [4.69, 9.17) is 5.73 Å². The number of aromatic nitrogens is 2. The van der Waals surface area contributed by atoms with E-state index in [0.717, 1.165) is 6.42 Å². The van der Waals surface area contributed by atoms with Gasteiger partial charge in [-0.15, -0.1) is 0 Å². The highest BCUT2D eigenvalue weighted by atomic mass is 16.1. The van der Waals surface area contributed by atoms with Gasteiger partial charge in [-0.3, -0.25) is 4.79 Å². The fourth-order valence-electron chi connectivity index (χ4n) is 0.911. The van der Waals surface area contributed by atoms with E-state index in [1.165, 1.54) is 12.4 Å². The summed E-state index contributed by atoms with van der Waals surface area (Å²) in [6.07, 6.45) is 3.79. The predicted molar refractivity (Wildman–Crippen MR) is 58.5 cm³/mol. The highest BCUT2D eigenvalue weighted by Gasteiger charge is 2.15. The number of carbonyl (C=O) groups excluding carboxylic acids is 1. The zero-order chi connectivity index (χ0) is 11.5. The van der Waals surface area contributed by atoms with E-state index in [9.17, 15) is 4.79 Å². The Morgan fingerprint density at radius 3 is 2.40 bits per heavy atom. The quantitative estimate of drug-likeness (QED) is 0.778. The molecule has 0 radical (unpaired) electrons. The van der Waals surface area contributed by atoms with E-state index in [-0.39, 0.29) is 5.54 Å². The molecule has 1 aromatic heterocycles. The SMILES string of the molecule is CCC(C)(C)Nc1ncc(C(N)=O)cn1. The molecule has 1 rings (SSSR count). The van der Waals surface area contributed by atoms with E-state index in [1.807, 2.05) is 0 Å². The van der Waals surface area contributed by atoms with Crippen LogP contribution in [0.15, 0.2) is 12.4 Å². The molecule has 1 amide bonds. The molecule has 15 heavy (non-hydrogen) atoms. The Kier molecular flexibility index (Phi) is 3.24. The van der Waals surface area contributed by atoms with Crippen molar-refractivity contribution in [3.05, 3.63) is 18.0 Å². The molecule has 3 N–H and O–H groups in total. The molecule has 1 heterocycles. The van der Waals surface area contributed by atoms with Gasteiger partial charge in [0.15, 0.2) is 0 Å². The first kappa shape index (κ1) is 11.4. The number of nitrogens with one attached hydrogen (secondary N) is 1. The van der Waals surface area contributed by atoms with Crippen LogP contribution >= 0.6 is 0 Å². The predicted octanol–water partition coefficient (Wildman–Crippen LogP) is 1.18. The molecule has 0 saturated carbocycles. The summed E-state index contributed by atoms with van der Waals surface area (Å²) in [5.41, 5.74) is 5.33. The monoisotopic (exact) mass is 208 g/mol. The highest BCUT2D eigenvalue weighted by Crippen LogP contribution is 2.13. The Morgan fingerprint density at radius 2 is 2.00 bits per heavy atom. The third kappa shape index (κ3) is 3.19. The number of hydrogen-bond donors (Lipinski definition) is 2. The number of amides is 1. The molecule has 0 saturated heterocycles. The van der Waals surface area contributed by atoms with Crippen LogP contribution in [0.5, 0.6) is 0 Å². The number of hydrogen-bond acceptors (Lipinski definition) is 4. The summed E-state index contributed by atoms with van der Waals surface area (Å²) in [4.78, 5) is 18.8. The van der Waals surface area contributed by atoms with Crippen molar-refractivity contribution in [2.75, 3.05) is 5.32 Å². The van der Waals surface area contributed by atoms with Crippen molar-refractivity contribution in [3.63, 3.8) is 0 Å². The molecular weight excluding hydrogens is 192 g/mol. The number of nitrogens with two attached hydrogens (primary N) is 1. The van der Waals surface area contributed by atoms with Crippen molar-refractivity contribution >= 4 is 11.9 Å². The molecule has 0 unspecified atom stereocenters. The fourth-order valence-corrected chi connectivity index (χ4v) is 0.911. The topological polar surface area (TPSA) is 80.9 Å². The van der Waals surface area contributed by atoms with E-state index >= 15 is 0 Å². The summed E-state index contributed by atoms with van der Waals surface area (Å²) in [7, 11) is 0. The second-order valence-corrected chi connectivity index (χ2v) is 4.02. The third-order valence-electron chi connectivity index (χ3n) is 2.27. The molecule has 0 aliphatic rings. The zero-order valence-electron chi connectivity index (χ0n) is 9.24. The molecule has 0 spiro atoms. The van der Waals surface area contributed by atoms with Crippen molar-refractivity contribution in [1.82, 2.24) is 9.97 Å². The van der Waals surface area contributed by atoms with Gasteiger partial charge < -0.3 is 11.1 Å². The van der Waals surface area contributed by atoms with Crippen LogP contribution in [0.25, 0.3) is 0 Å². The van der Waals surface area contributed by atoms with Gasteiger partial charge in [-0.1, -0.05) is 6.92 Å². The summed E-state index contributed by atoms with van der Waals surface area (Å²) in [5.74, 6) is -0.0110. The minimum absolute atomic E-state index is 0.0613. The fraction of sp³-hybridized carbons (Fsp3) is 0.500. The lowest BCUT2D eigenvalue weighted by Gasteiger charge is -2.24. The number of rotatable bonds is 4.